The maximum Gasteiger partial charge on any atom is 0.238 e. The number of carbonyl (C=O) groups is 2. The number of hydrogen-bond acceptors (Lipinski definition) is 4. The number of aliphatic hydroxyl groups is 1. The van der Waals surface area contributed by atoms with Crippen LogP contribution in [-0.4, -0.2) is 40.1 Å². The Bertz CT molecular complexity index is 1240. The molecule has 36 heavy (non-hydrogen) atoms. The Morgan fingerprint density at radius 1 is 1.19 bits per heavy atom. The van der Waals surface area contributed by atoms with Gasteiger partial charge in [-0.1, -0.05) is 55.2 Å². The van der Waals surface area contributed by atoms with Gasteiger partial charge in [0.05, 0.1) is 16.7 Å². The van der Waals surface area contributed by atoms with Crippen LogP contribution in [0.5, 0.6) is 0 Å². The number of amides is 2. The van der Waals surface area contributed by atoms with E-state index in [0.717, 1.165) is 0 Å². The largest absolute Gasteiger partial charge is 0.390 e. The summed E-state index contributed by atoms with van der Waals surface area (Å²) in [4.78, 5) is 27.9. The van der Waals surface area contributed by atoms with E-state index < -0.39 is 34.3 Å². The number of nitrogens with one attached hydrogen (secondary N) is 3. The van der Waals surface area contributed by atoms with Crippen molar-refractivity contribution in [1.82, 2.24) is 10.6 Å². The number of fused-ring (bicyclic) bond motifs is 2. The predicted molar refractivity (Wildman–Crippen MR) is 138 cm³/mol. The highest BCUT2D eigenvalue weighted by atomic mass is 35.5. The molecule has 6 nitrogen and oxygen atoms in total. The summed E-state index contributed by atoms with van der Waals surface area (Å²) in [5.74, 6) is -2.17. The van der Waals surface area contributed by atoms with Crippen molar-refractivity contribution in [3.05, 3.63) is 63.4 Å². The van der Waals surface area contributed by atoms with Crippen LogP contribution in [0.15, 0.2) is 36.4 Å². The van der Waals surface area contributed by atoms with Crippen molar-refractivity contribution < 1.29 is 19.1 Å². The lowest BCUT2D eigenvalue weighted by Gasteiger charge is -2.44. The second kappa shape index (κ2) is 8.69. The molecular formula is C27H30Cl2FN3O3. The molecule has 1 saturated carbocycles. The molecule has 192 valence electrons. The van der Waals surface area contributed by atoms with Gasteiger partial charge in [0, 0.05) is 28.2 Å². The van der Waals surface area contributed by atoms with Gasteiger partial charge in [-0.25, -0.2) is 4.39 Å². The Kier molecular flexibility index (Phi) is 6.15. The van der Waals surface area contributed by atoms with Crippen molar-refractivity contribution in [2.45, 2.75) is 81.0 Å². The zero-order chi connectivity index (χ0) is 26.0. The number of anilines is 1. The molecule has 1 saturated heterocycles. The predicted octanol–water partition coefficient (Wildman–Crippen LogP) is 4.67. The lowest BCUT2D eigenvalue weighted by molar-refractivity contribution is -0.127. The van der Waals surface area contributed by atoms with E-state index in [1.165, 1.54) is 6.07 Å². The molecular weight excluding hydrogens is 504 g/mol. The Morgan fingerprint density at radius 2 is 1.89 bits per heavy atom. The van der Waals surface area contributed by atoms with Gasteiger partial charge in [-0.05, 0) is 61.9 Å². The van der Waals surface area contributed by atoms with Gasteiger partial charge >= 0.3 is 0 Å². The van der Waals surface area contributed by atoms with Crippen LogP contribution in [0.2, 0.25) is 10.0 Å². The number of hydrogen-bond donors (Lipinski definition) is 4. The first-order valence-electron chi connectivity index (χ1n) is 12.4. The van der Waals surface area contributed by atoms with Gasteiger partial charge in [-0.2, -0.15) is 0 Å². The standard InChI is InChI=1S/C27H30Cl2FN3O3/c1-4-26(5-2)27(17-10-9-14(28)11-19(17)32-24(27)35)20(16-7-6-8-18(29)21(16)30)22(33-26)23(34)31-15-12-25(3,36)13-15/h6-11,15,20,22,33,36H,4-5,12-13H2,1-3H3,(H,31,34)(H,32,35)/t15?,20-,22+,25?,27+/m0/s1. The summed E-state index contributed by atoms with van der Waals surface area (Å²) in [6, 6.07) is 8.79. The topological polar surface area (TPSA) is 90.5 Å². The SMILES string of the molecule is CCC1(CC)N[C@@H](C(=O)NC2CC(C)(O)C2)[C@H](c2cccc(Cl)c2F)[C@]12C(=O)Nc1cc(Cl)ccc12. The van der Waals surface area contributed by atoms with E-state index in [1.807, 2.05) is 13.8 Å². The van der Waals surface area contributed by atoms with E-state index >= 15 is 4.39 Å². The van der Waals surface area contributed by atoms with E-state index in [0.29, 0.717) is 42.0 Å². The Labute approximate surface area is 219 Å². The van der Waals surface area contributed by atoms with Gasteiger partial charge in [0.25, 0.3) is 0 Å². The molecule has 3 aliphatic rings. The maximum atomic E-state index is 15.7. The highest BCUT2D eigenvalue weighted by Crippen LogP contribution is 2.61. The molecule has 0 radical (unpaired) electrons. The van der Waals surface area contributed by atoms with Crippen molar-refractivity contribution in [3.63, 3.8) is 0 Å². The first-order chi connectivity index (χ1) is 17.0. The second-order valence-electron chi connectivity index (χ2n) is 10.6. The summed E-state index contributed by atoms with van der Waals surface area (Å²) < 4.78 is 15.7. The third-order valence-electron chi connectivity index (χ3n) is 8.52. The molecule has 9 heteroatoms. The van der Waals surface area contributed by atoms with Gasteiger partial charge in [-0.3, -0.25) is 14.9 Å². The van der Waals surface area contributed by atoms with E-state index in [2.05, 4.69) is 16.0 Å². The van der Waals surface area contributed by atoms with Crippen LogP contribution in [0.3, 0.4) is 0 Å². The first-order valence-corrected chi connectivity index (χ1v) is 13.1. The number of carbonyl (C=O) groups excluding carboxylic acids is 2. The zero-order valence-corrected chi connectivity index (χ0v) is 21.9. The molecule has 4 N–H and O–H groups in total. The van der Waals surface area contributed by atoms with Crippen LogP contribution >= 0.6 is 23.2 Å². The number of halogens is 3. The molecule has 0 aromatic heterocycles. The molecule has 2 aromatic rings. The van der Waals surface area contributed by atoms with Crippen molar-refractivity contribution in [2.75, 3.05) is 5.32 Å². The normalized spacial score (nSPS) is 32.2. The first kappa shape index (κ1) is 25.5. The number of rotatable bonds is 5. The van der Waals surface area contributed by atoms with Crippen LogP contribution in [0.4, 0.5) is 10.1 Å². The Hall–Kier alpha value is -2.19. The third kappa shape index (κ3) is 3.51. The van der Waals surface area contributed by atoms with Crippen LogP contribution < -0.4 is 16.0 Å². The third-order valence-corrected chi connectivity index (χ3v) is 9.05. The summed E-state index contributed by atoms with van der Waals surface area (Å²) in [5, 5.41) is 20.1. The van der Waals surface area contributed by atoms with Crippen LogP contribution in [-0.2, 0) is 15.0 Å². The van der Waals surface area contributed by atoms with Gasteiger partial charge in [0.2, 0.25) is 11.8 Å². The summed E-state index contributed by atoms with van der Waals surface area (Å²) in [6.07, 6.45) is 1.89. The van der Waals surface area contributed by atoms with Crippen LogP contribution in [0.25, 0.3) is 0 Å². The minimum absolute atomic E-state index is 0.0721. The molecule has 1 spiro atoms. The molecule has 0 bridgehead atoms. The molecule has 2 aliphatic heterocycles. The fraction of sp³-hybridized carbons (Fsp3) is 0.481. The van der Waals surface area contributed by atoms with E-state index in [4.69, 9.17) is 23.2 Å². The van der Waals surface area contributed by atoms with Crippen molar-refractivity contribution in [2.24, 2.45) is 0 Å². The van der Waals surface area contributed by atoms with Crippen molar-refractivity contribution in [3.8, 4) is 0 Å². The minimum atomic E-state index is -1.30. The molecule has 2 amide bonds. The second-order valence-corrected chi connectivity index (χ2v) is 11.4. The van der Waals surface area contributed by atoms with Gasteiger partial charge in [0.1, 0.15) is 11.2 Å². The van der Waals surface area contributed by atoms with Gasteiger partial charge in [-0.15, -0.1) is 0 Å². The molecule has 2 heterocycles. The van der Waals surface area contributed by atoms with Gasteiger partial charge < -0.3 is 15.7 Å². The molecule has 1 aliphatic carbocycles. The fourth-order valence-corrected chi connectivity index (χ4v) is 7.28. The van der Waals surface area contributed by atoms with E-state index in [9.17, 15) is 14.7 Å². The lowest BCUT2D eigenvalue weighted by atomic mass is 9.57. The maximum absolute atomic E-state index is 15.7. The Morgan fingerprint density at radius 3 is 2.53 bits per heavy atom. The zero-order valence-electron chi connectivity index (χ0n) is 20.4. The fourth-order valence-electron chi connectivity index (χ4n) is 6.93. The Balaban J connectivity index is 1.72. The monoisotopic (exact) mass is 533 g/mol. The smallest absolute Gasteiger partial charge is 0.238 e. The summed E-state index contributed by atoms with van der Waals surface area (Å²) in [6.45, 7) is 5.66. The molecule has 0 unspecified atom stereocenters. The quantitative estimate of drug-likeness (QED) is 0.449. The van der Waals surface area contributed by atoms with Crippen LogP contribution in [0.1, 0.15) is 63.5 Å². The molecule has 3 atom stereocenters. The molecule has 2 fully saturated rings. The molecule has 5 rings (SSSR count). The number of benzene rings is 2. The average molecular weight is 534 g/mol. The average Bonchev–Trinajstić information content (AvgIpc) is 3.27. The van der Waals surface area contributed by atoms with Gasteiger partial charge in [0.15, 0.2) is 0 Å². The highest BCUT2D eigenvalue weighted by Gasteiger charge is 2.71. The van der Waals surface area contributed by atoms with Crippen LogP contribution in [0, 0.1) is 5.82 Å². The van der Waals surface area contributed by atoms with Crippen molar-refractivity contribution >= 4 is 40.7 Å². The van der Waals surface area contributed by atoms with E-state index in [-0.39, 0.29) is 28.4 Å². The summed E-state index contributed by atoms with van der Waals surface area (Å²) >= 11 is 12.5. The highest BCUT2D eigenvalue weighted by molar-refractivity contribution is 6.31. The lowest BCUT2D eigenvalue weighted by Crippen LogP contribution is -2.59. The summed E-state index contributed by atoms with van der Waals surface area (Å²) in [5.41, 5.74) is -1.53. The van der Waals surface area contributed by atoms with E-state index in [1.54, 1.807) is 37.3 Å². The van der Waals surface area contributed by atoms with Crippen molar-refractivity contribution in [1.29, 1.82) is 0 Å². The molecule has 2 aromatic carbocycles. The minimum Gasteiger partial charge on any atom is -0.390 e. The summed E-state index contributed by atoms with van der Waals surface area (Å²) in [7, 11) is 0.